The van der Waals surface area contributed by atoms with Crippen molar-refractivity contribution in [2.45, 2.75) is 38.8 Å². The van der Waals surface area contributed by atoms with Crippen LogP contribution >= 0.6 is 0 Å². The molecule has 1 aliphatic carbocycles. The standard InChI is InChI=1S/C16H26N4/c1-3-17-13(2)14-4-7-16(18-12-14)20-10-8-19(9-11-20)15-5-6-15/h4,7,12-13,15,17H,3,5-6,8-11H2,1-2H3. The summed E-state index contributed by atoms with van der Waals surface area (Å²) in [6.07, 6.45) is 4.85. The maximum atomic E-state index is 4.66. The summed E-state index contributed by atoms with van der Waals surface area (Å²) in [5.74, 6) is 1.13. The Morgan fingerprint density at radius 1 is 1.25 bits per heavy atom. The fourth-order valence-corrected chi connectivity index (χ4v) is 3.02. The van der Waals surface area contributed by atoms with E-state index in [0.29, 0.717) is 6.04 Å². The SMILES string of the molecule is CCNC(C)c1ccc(N2CCN(C3CC3)CC2)nc1. The van der Waals surface area contributed by atoms with E-state index in [9.17, 15) is 0 Å². The van der Waals surface area contributed by atoms with Gasteiger partial charge in [0.25, 0.3) is 0 Å². The number of aromatic nitrogens is 1. The minimum Gasteiger partial charge on any atom is -0.354 e. The topological polar surface area (TPSA) is 31.4 Å². The van der Waals surface area contributed by atoms with Gasteiger partial charge in [-0.2, -0.15) is 0 Å². The molecule has 1 unspecified atom stereocenters. The van der Waals surface area contributed by atoms with E-state index in [1.54, 1.807) is 0 Å². The number of hydrogen-bond acceptors (Lipinski definition) is 4. The highest BCUT2D eigenvalue weighted by atomic mass is 15.3. The average Bonchev–Trinajstić information content (AvgIpc) is 3.33. The van der Waals surface area contributed by atoms with Crippen molar-refractivity contribution < 1.29 is 0 Å². The first kappa shape index (κ1) is 13.8. The molecule has 110 valence electrons. The molecule has 1 saturated heterocycles. The summed E-state index contributed by atoms with van der Waals surface area (Å²) in [5.41, 5.74) is 1.27. The van der Waals surface area contributed by atoms with Crippen LogP contribution in [0.25, 0.3) is 0 Å². The molecule has 2 heterocycles. The molecule has 0 bridgehead atoms. The largest absolute Gasteiger partial charge is 0.354 e. The van der Waals surface area contributed by atoms with Gasteiger partial charge in [-0.15, -0.1) is 0 Å². The van der Waals surface area contributed by atoms with E-state index in [4.69, 9.17) is 0 Å². The van der Waals surface area contributed by atoms with Crippen molar-refractivity contribution in [1.82, 2.24) is 15.2 Å². The van der Waals surface area contributed by atoms with E-state index in [1.165, 1.54) is 31.5 Å². The molecule has 0 amide bonds. The third-order valence-corrected chi connectivity index (χ3v) is 4.48. The van der Waals surface area contributed by atoms with Crippen LogP contribution in [-0.4, -0.2) is 48.6 Å². The molecule has 1 saturated carbocycles. The van der Waals surface area contributed by atoms with Crippen LogP contribution in [0.4, 0.5) is 5.82 Å². The molecule has 20 heavy (non-hydrogen) atoms. The zero-order chi connectivity index (χ0) is 13.9. The molecule has 4 heteroatoms. The molecule has 0 aromatic carbocycles. The van der Waals surface area contributed by atoms with Gasteiger partial charge in [-0.05, 0) is 37.9 Å². The molecule has 1 aromatic rings. The summed E-state index contributed by atoms with van der Waals surface area (Å²) in [7, 11) is 0. The van der Waals surface area contributed by atoms with Crippen LogP contribution in [0.5, 0.6) is 0 Å². The smallest absolute Gasteiger partial charge is 0.128 e. The molecule has 4 nitrogen and oxygen atoms in total. The molecule has 0 spiro atoms. The van der Waals surface area contributed by atoms with E-state index < -0.39 is 0 Å². The first-order chi connectivity index (χ1) is 9.78. The average molecular weight is 274 g/mol. The molecule has 2 aliphatic rings. The number of pyridine rings is 1. The van der Waals surface area contributed by atoms with E-state index in [-0.39, 0.29) is 0 Å². The second-order valence-corrected chi connectivity index (χ2v) is 5.98. The van der Waals surface area contributed by atoms with Crippen LogP contribution in [0.15, 0.2) is 18.3 Å². The van der Waals surface area contributed by atoms with Crippen molar-refractivity contribution in [1.29, 1.82) is 0 Å². The molecule has 2 fully saturated rings. The van der Waals surface area contributed by atoms with E-state index >= 15 is 0 Å². The fourth-order valence-electron chi connectivity index (χ4n) is 3.02. The Bertz CT molecular complexity index is 419. The van der Waals surface area contributed by atoms with Crippen molar-refractivity contribution in [2.24, 2.45) is 0 Å². The van der Waals surface area contributed by atoms with Crippen molar-refractivity contribution >= 4 is 5.82 Å². The lowest BCUT2D eigenvalue weighted by Gasteiger charge is -2.35. The highest BCUT2D eigenvalue weighted by Gasteiger charge is 2.31. The number of nitrogens with one attached hydrogen (secondary N) is 1. The summed E-state index contributed by atoms with van der Waals surface area (Å²) < 4.78 is 0. The maximum absolute atomic E-state index is 4.66. The third kappa shape index (κ3) is 3.13. The van der Waals surface area contributed by atoms with E-state index in [2.05, 4.69) is 46.1 Å². The lowest BCUT2D eigenvalue weighted by atomic mass is 10.1. The lowest BCUT2D eigenvalue weighted by molar-refractivity contribution is 0.247. The highest BCUT2D eigenvalue weighted by Crippen LogP contribution is 2.28. The van der Waals surface area contributed by atoms with Crippen LogP contribution in [-0.2, 0) is 0 Å². The Balaban J connectivity index is 1.57. The number of rotatable bonds is 5. The van der Waals surface area contributed by atoms with Gasteiger partial charge < -0.3 is 10.2 Å². The van der Waals surface area contributed by atoms with Gasteiger partial charge in [0, 0.05) is 44.5 Å². The minimum atomic E-state index is 0.383. The van der Waals surface area contributed by atoms with Crippen molar-refractivity contribution in [3.05, 3.63) is 23.9 Å². The van der Waals surface area contributed by atoms with Gasteiger partial charge in [0.1, 0.15) is 5.82 Å². The molecular formula is C16H26N4. The summed E-state index contributed by atoms with van der Waals surface area (Å²) >= 11 is 0. The normalized spacial score (nSPS) is 22.0. The van der Waals surface area contributed by atoms with Gasteiger partial charge in [0.05, 0.1) is 0 Å². The number of hydrogen-bond donors (Lipinski definition) is 1. The monoisotopic (exact) mass is 274 g/mol. The number of anilines is 1. The second-order valence-electron chi connectivity index (χ2n) is 5.98. The highest BCUT2D eigenvalue weighted by molar-refractivity contribution is 5.40. The number of nitrogens with zero attached hydrogens (tertiary/aromatic N) is 3. The molecule has 1 aliphatic heterocycles. The van der Waals surface area contributed by atoms with Gasteiger partial charge in [0.2, 0.25) is 0 Å². The van der Waals surface area contributed by atoms with Gasteiger partial charge in [0.15, 0.2) is 0 Å². The summed E-state index contributed by atoms with van der Waals surface area (Å²) in [4.78, 5) is 9.71. The van der Waals surface area contributed by atoms with Crippen LogP contribution in [0.1, 0.15) is 38.3 Å². The molecule has 3 rings (SSSR count). The Morgan fingerprint density at radius 2 is 2.00 bits per heavy atom. The first-order valence-electron chi connectivity index (χ1n) is 7.96. The van der Waals surface area contributed by atoms with Crippen LogP contribution < -0.4 is 10.2 Å². The molecule has 1 N–H and O–H groups in total. The molecule has 0 radical (unpaired) electrons. The van der Waals surface area contributed by atoms with Gasteiger partial charge >= 0.3 is 0 Å². The molecule has 1 atom stereocenters. The van der Waals surface area contributed by atoms with Gasteiger partial charge in [-0.1, -0.05) is 13.0 Å². The molecule has 1 aromatic heterocycles. The number of piperazine rings is 1. The minimum absolute atomic E-state index is 0.383. The quantitative estimate of drug-likeness (QED) is 0.890. The summed E-state index contributed by atoms with van der Waals surface area (Å²) in [6, 6.07) is 5.67. The van der Waals surface area contributed by atoms with Crippen molar-refractivity contribution in [3.8, 4) is 0 Å². The maximum Gasteiger partial charge on any atom is 0.128 e. The van der Waals surface area contributed by atoms with Crippen LogP contribution in [0, 0.1) is 0 Å². The lowest BCUT2D eigenvalue weighted by Crippen LogP contribution is -2.47. The fraction of sp³-hybridized carbons (Fsp3) is 0.688. The van der Waals surface area contributed by atoms with Crippen molar-refractivity contribution in [2.75, 3.05) is 37.6 Å². The Hall–Kier alpha value is -1.13. The predicted molar refractivity (Wildman–Crippen MR) is 83.1 cm³/mol. The summed E-state index contributed by atoms with van der Waals surface area (Å²) in [6.45, 7) is 9.94. The zero-order valence-electron chi connectivity index (χ0n) is 12.7. The second kappa shape index (κ2) is 6.10. The Kier molecular flexibility index (Phi) is 4.22. The van der Waals surface area contributed by atoms with E-state index in [0.717, 1.165) is 31.5 Å². The van der Waals surface area contributed by atoms with Crippen molar-refractivity contribution in [3.63, 3.8) is 0 Å². The van der Waals surface area contributed by atoms with Gasteiger partial charge in [-0.3, -0.25) is 4.90 Å². The Morgan fingerprint density at radius 3 is 2.55 bits per heavy atom. The summed E-state index contributed by atoms with van der Waals surface area (Å²) in [5, 5.41) is 3.43. The Labute approximate surface area is 122 Å². The molecular weight excluding hydrogens is 248 g/mol. The van der Waals surface area contributed by atoms with Crippen LogP contribution in [0.2, 0.25) is 0 Å². The zero-order valence-corrected chi connectivity index (χ0v) is 12.7. The van der Waals surface area contributed by atoms with Crippen LogP contribution in [0.3, 0.4) is 0 Å². The predicted octanol–water partition coefficient (Wildman–Crippen LogP) is 2.04. The van der Waals surface area contributed by atoms with Gasteiger partial charge in [-0.25, -0.2) is 4.98 Å². The van der Waals surface area contributed by atoms with E-state index in [1.807, 2.05) is 6.20 Å². The third-order valence-electron chi connectivity index (χ3n) is 4.48. The first-order valence-corrected chi connectivity index (χ1v) is 7.96.